The molecule has 4 rings (SSSR count). The number of hydrogen-bond acceptors (Lipinski definition) is 4. The molecule has 7 heteroatoms. The average molecular weight is 472 g/mol. The van der Waals surface area contributed by atoms with Crippen LogP contribution in [-0.2, 0) is 4.79 Å². The van der Waals surface area contributed by atoms with Crippen molar-refractivity contribution in [2.75, 3.05) is 43.4 Å². The van der Waals surface area contributed by atoms with E-state index in [1.807, 2.05) is 36.4 Å². The van der Waals surface area contributed by atoms with E-state index in [9.17, 15) is 9.59 Å². The van der Waals surface area contributed by atoms with Gasteiger partial charge >= 0.3 is 6.03 Å². The first-order valence-corrected chi connectivity index (χ1v) is 12.0. The largest absolute Gasteiger partial charge is 0.370 e. The fourth-order valence-electron chi connectivity index (χ4n) is 4.84. The minimum Gasteiger partial charge on any atom is -0.370 e. The molecule has 3 aromatic carbocycles. The van der Waals surface area contributed by atoms with Crippen molar-refractivity contribution in [2.45, 2.75) is 18.4 Å². The minimum atomic E-state index is -0.277. The Morgan fingerprint density at radius 1 is 0.914 bits per heavy atom. The second-order valence-corrected chi connectivity index (χ2v) is 8.82. The van der Waals surface area contributed by atoms with Crippen LogP contribution in [0, 0.1) is 0 Å². The molecule has 0 saturated carbocycles. The maximum Gasteiger partial charge on any atom is 0.318 e. The van der Waals surface area contributed by atoms with E-state index in [4.69, 9.17) is 5.73 Å². The number of rotatable bonds is 8. The molecule has 0 aliphatic carbocycles. The number of carbonyl (C=O) groups is 2. The van der Waals surface area contributed by atoms with Gasteiger partial charge in [0, 0.05) is 63.0 Å². The smallest absolute Gasteiger partial charge is 0.318 e. The normalized spacial score (nSPS) is 16.2. The molecule has 4 N–H and O–H groups in total. The fourth-order valence-corrected chi connectivity index (χ4v) is 4.84. The quantitative estimate of drug-likeness (QED) is 0.468. The van der Waals surface area contributed by atoms with Gasteiger partial charge in [-0.25, -0.2) is 4.79 Å². The molecule has 0 aromatic heterocycles. The third-order valence-electron chi connectivity index (χ3n) is 6.60. The van der Waals surface area contributed by atoms with Crippen molar-refractivity contribution in [3.63, 3.8) is 0 Å². The van der Waals surface area contributed by atoms with Gasteiger partial charge in [-0.1, -0.05) is 60.7 Å². The van der Waals surface area contributed by atoms with Crippen LogP contribution in [0.2, 0.25) is 0 Å². The topological polar surface area (TPSA) is 90.7 Å². The van der Waals surface area contributed by atoms with Crippen molar-refractivity contribution in [2.24, 2.45) is 5.73 Å². The molecule has 1 heterocycles. The van der Waals surface area contributed by atoms with Gasteiger partial charge in [0.2, 0.25) is 5.91 Å². The SMILES string of the molecule is CNC(=O)Nc1ccc(N2CCN(CCC(N)=O)C(C(c3ccccc3)c3ccccc3)C2)cc1. The number of urea groups is 1. The van der Waals surface area contributed by atoms with Gasteiger partial charge < -0.3 is 21.3 Å². The van der Waals surface area contributed by atoms with Gasteiger partial charge in [-0.3, -0.25) is 9.69 Å². The standard InChI is InChI=1S/C28H33N5O2/c1-30-28(35)31-23-12-14-24(15-13-23)33-19-18-32(17-16-26(29)34)25(20-33)27(21-8-4-2-5-9-21)22-10-6-3-7-11-22/h2-15,25,27H,16-20H2,1H3,(H2,29,34)(H2,30,31,35). The molecule has 0 bridgehead atoms. The summed E-state index contributed by atoms with van der Waals surface area (Å²) in [4.78, 5) is 28.0. The van der Waals surface area contributed by atoms with Crippen molar-refractivity contribution >= 4 is 23.3 Å². The number of anilines is 2. The molecule has 7 nitrogen and oxygen atoms in total. The van der Waals surface area contributed by atoms with Crippen molar-refractivity contribution in [3.8, 4) is 0 Å². The molecule has 0 spiro atoms. The van der Waals surface area contributed by atoms with E-state index in [2.05, 4.69) is 69.0 Å². The van der Waals surface area contributed by atoms with Crippen LogP contribution in [0.15, 0.2) is 84.9 Å². The number of nitrogens with two attached hydrogens (primary N) is 1. The summed E-state index contributed by atoms with van der Waals surface area (Å²) in [5, 5.41) is 5.37. The Kier molecular flexibility index (Phi) is 8.00. The first-order valence-electron chi connectivity index (χ1n) is 12.0. The van der Waals surface area contributed by atoms with Gasteiger partial charge in [-0.05, 0) is 35.4 Å². The molecule has 3 amide bonds. The number of nitrogens with zero attached hydrogens (tertiary/aromatic N) is 2. The lowest BCUT2D eigenvalue weighted by Crippen LogP contribution is -2.56. The van der Waals surface area contributed by atoms with Gasteiger partial charge in [-0.15, -0.1) is 0 Å². The predicted octanol–water partition coefficient (Wildman–Crippen LogP) is 3.64. The highest BCUT2D eigenvalue weighted by Crippen LogP contribution is 2.34. The summed E-state index contributed by atoms with van der Waals surface area (Å²) in [6, 6.07) is 29.0. The highest BCUT2D eigenvalue weighted by Gasteiger charge is 2.35. The third-order valence-corrected chi connectivity index (χ3v) is 6.60. The number of carbonyl (C=O) groups excluding carboxylic acids is 2. The number of nitrogens with one attached hydrogen (secondary N) is 2. The molecule has 1 aliphatic heterocycles. The van der Waals surface area contributed by atoms with Crippen LogP contribution in [-0.4, -0.2) is 56.1 Å². The molecule has 1 unspecified atom stereocenters. The molecular weight excluding hydrogens is 438 g/mol. The van der Waals surface area contributed by atoms with Crippen LogP contribution in [0.1, 0.15) is 23.5 Å². The van der Waals surface area contributed by atoms with E-state index in [0.717, 1.165) is 31.0 Å². The summed E-state index contributed by atoms with van der Waals surface area (Å²) >= 11 is 0. The Labute approximate surface area is 206 Å². The Hall–Kier alpha value is -3.84. The summed E-state index contributed by atoms with van der Waals surface area (Å²) in [5.74, 6) is -0.136. The van der Waals surface area contributed by atoms with Gasteiger partial charge in [0.05, 0.1) is 0 Å². The molecule has 1 aliphatic rings. The molecule has 0 radical (unpaired) electrons. The van der Waals surface area contributed by atoms with Gasteiger partial charge in [0.1, 0.15) is 0 Å². The molecule has 35 heavy (non-hydrogen) atoms. The molecule has 1 atom stereocenters. The van der Waals surface area contributed by atoms with E-state index in [-0.39, 0.29) is 23.9 Å². The van der Waals surface area contributed by atoms with E-state index < -0.39 is 0 Å². The Bertz CT molecular complexity index is 1070. The fraction of sp³-hybridized carbons (Fsp3) is 0.286. The van der Waals surface area contributed by atoms with E-state index in [1.54, 1.807) is 7.05 Å². The van der Waals surface area contributed by atoms with Crippen molar-refractivity contribution in [1.82, 2.24) is 10.2 Å². The number of amides is 3. The van der Waals surface area contributed by atoms with Gasteiger partial charge in [-0.2, -0.15) is 0 Å². The van der Waals surface area contributed by atoms with E-state index in [1.165, 1.54) is 11.1 Å². The minimum absolute atomic E-state index is 0.141. The van der Waals surface area contributed by atoms with Crippen LogP contribution < -0.4 is 21.3 Å². The van der Waals surface area contributed by atoms with Crippen LogP contribution in [0.3, 0.4) is 0 Å². The first kappa shape index (κ1) is 24.3. The zero-order valence-electron chi connectivity index (χ0n) is 20.1. The van der Waals surface area contributed by atoms with Gasteiger partial charge in [0.15, 0.2) is 0 Å². The zero-order chi connectivity index (χ0) is 24.6. The Morgan fingerprint density at radius 3 is 2.06 bits per heavy atom. The lowest BCUT2D eigenvalue weighted by Gasteiger charge is -2.46. The van der Waals surface area contributed by atoms with Crippen LogP contribution >= 0.6 is 0 Å². The number of benzene rings is 3. The van der Waals surface area contributed by atoms with Gasteiger partial charge in [0.25, 0.3) is 0 Å². The number of piperazine rings is 1. The highest BCUT2D eigenvalue weighted by atomic mass is 16.2. The summed E-state index contributed by atoms with van der Waals surface area (Å²) < 4.78 is 0. The van der Waals surface area contributed by atoms with Crippen molar-refractivity contribution in [3.05, 3.63) is 96.1 Å². The zero-order valence-corrected chi connectivity index (χ0v) is 20.1. The molecule has 182 valence electrons. The first-order chi connectivity index (χ1) is 17.0. The summed E-state index contributed by atoms with van der Waals surface area (Å²) in [7, 11) is 1.59. The van der Waals surface area contributed by atoms with Crippen LogP contribution in [0.4, 0.5) is 16.2 Å². The maximum absolute atomic E-state index is 11.6. The summed E-state index contributed by atoms with van der Waals surface area (Å²) in [5.41, 5.74) is 9.87. The van der Waals surface area contributed by atoms with Crippen molar-refractivity contribution in [1.29, 1.82) is 0 Å². The van der Waals surface area contributed by atoms with E-state index in [0.29, 0.717) is 13.0 Å². The van der Waals surface area contributed by atoms with Crippen LogP contribution in [0.25, 0.3) is 0 Å². The van der Waals surface area contributed by atoms with Crippen LogP contribution in [0.5, 0.6) is 0 Å². The summed E-state index contributed by atoms with van der Waals surface area (Å²) in [6.45, 7) is 3.11. The Balaban J connectivity index is 1.64. The highest BCUT2D eigenvalue weighted by molar-refractivity contribution is 5.89. The lowest BCUT2D eigenvalue weighted by molar-refractivity contribution is -0.118. The lowest BCUT2D eigenvalue weighted by atomic mass is 9.83. The second kappa shape index (κ2) is 11.5. The number of hydrogen-bond donors (Lipinski definition) is 3. The average Bonchev–Trinajstić information content (AvgIpc) is 2.89. The molecule has 3 aromatic rings. The Morgan fingerprint density at radius 2 is 1.51 bits per heavy atom. The second-order valence-electron chi connectivity index (χ2n) is 8.82. The summed E-state index contributed by atoms with van der Waals surface area (Å²) in [6.07, 6.45) is 0.340. The monoisotopic (exact) mass is 471 g/mol. The molecule has 1 fully saturated rings. The van der Waals surface area contributed by atoms with Crippen molar-refractivity contribution < 1.29 is 9.59 Å². The third kappa shape index (κ3) is 6.19. The predicted molar refractivity (Wildman–Crippen MR) is 141 cm³/mol. The molecule has 1 saturated heterocycles. The van der Waals surface area contributed by atoms with E-state index >= 15 is 0 Å². The maximum atomic E-state index is 11.6. The number of primary amides is 1. The molecular formula is C28H33N5O2.